The van der Waals surface area contributed by atoms with E-state index in [9.17, 15) is 18.5 Å². The number of nitro groups is 1. The molecule has 2 aromatic carbocycles. The van der Waals surface area contributed by atoms with Crippen LogP contribution < -0.4 is 4.90 Å². The summed E-state index contributed by atoms with van der Waals surface area (Å²) < 4.78 is 27.0. The van der Waals surface area contributed by atoms with E-state index in [0.29, 0.717) is 26.2 Å². The van der Waals surface area contributed by atoms with Gasteiger partial charge in [-0.1, -0.05) is 30.3 Å². The molecular formula is C17H19N3O4S. The summed E-state index contributed by atoms with van der Waals surface area (Å²) in [6.45, 7) is 3.70. The van der Waals surface area contributed by atoms with Gasteiger partial charge in [-0.05, 0) is 24.6 Å². The Bertz CT molecular complexity index is 890. The Morgan fingerprint density at radius 1 is 0.960 bits per heavy atom. The van der Waals surface area contributed by atoms with Crippen LogP contribution in [-0.4, -0.2) is 43.8 Å². The molecule has 0 spiro atoms. The number of piperazine rings is 1. The molecule has 25 heavy (non-hydrogen) atoms. The molecular weight excluding hydrogens is 342 g/mol. The average Bonchev–Trinajstić information content (AvgIpc) is 2.62. The van der Waals surface area contributed by atoms with Gasteiger partial charge < -0.3 is 4.90 Å². The van der Waals surface area contributed by atoms with E-state index in [4.69, 9.17) is 0 Å². The second-order valence-electron chi connectivity index (χ2n) is 5.90. The molecule has 0 unspecified atom stereocenters. The Morgan fingerprint density at radius 3 is 2.20 bits per heavy atom. The molecule has 7 nitrogen and oxygen atoms in total. The zero-order chi connectivity index (χ0) is 18.0. The lowest BCUT2D eigenvalue weighted by molar-refractivity contribution is -0.387. The molecule has 1 aliphatic rings. The van der Waals surface area contributed by atoms with Gasteiger partial charge in [0.1, 0.15) is 0 Å². The van der Waals surface area contributed by atoms with E-state index in [-0.39, 0.29) is 10.6 Å². The van der Waals surface area contributed by atoms with Crippen molar-refractivity contribution in [2.24, 2.45) is 0 Å². The molecule has 0 aliphatic carbocycles. The van der Waals surface area contributed by atoms with E-state index in [0.717, 1.165) is 11.3 Å². The van der Waals surface area contributed by atoms with Crippen molar-refractivity contribution >= 4 is 21.4 Å². The first kappa shape index (κ1) is 17.4. The Balaban J connectivity index is 1.81. The van der Waals surface area contributed by atoms with Crippen LogP contribution in [0, 0.1) is 17.0 Å². The number of para-hydroxylation sites is 2. The topological polar surface area (TPSA) is 83.8 Å². The third kappa shape index (κ3) is 3.35. The minimum absolute atomic E-state index is 0.246. The quantitative estimate of drug-likeness (QED) is 0.617. The van der Waals surface area contributed by atoms with Gasteiger partial charge in [0.2, 0.25) is 10.0 Å². The zero-order valence-corrected chi connectivity index (χ0v) is 14.6. The molecule has 0 N–H and O–H groups in total. The molecule has 1 heterocycles. The number of hydrogen-bond acceptors (Lipinski definition) is 5. The predicted molar refractivity (Wildman–Crippen MR) is 95.2 cm³/mol. The summed E-state index contributed by atoms with van der Waals surface area (Å²) in [6, 6.07) is 13.4. The zero-order valence-electron chi connectivity index (χ0n) is 13.8. The van der Waals surface area contributed by atoms with Crippen LogP contribution in [0.25, 0.3) is 0 Å². The summed E-state index contributed by atoms with van der Waals surface area (Å²) in [4.78, 5) is 12.4. The van der Waals surface area contributed by atoms with Gasteiger partial charge in [0.15, 0.2) is 4.90 Å². The molecule has 132 valence electrons. The Hall–Kier alpha value is -2.45. The SMILES string of the molecule is Cc1ccccc1N1CCN(S(=O)(=O)c2ccccc2[N+](=O)[O-])CC1. The molecule has 0 atom stereocenters. The van der Waals surface area contributed by atoms with Crippen molar-refractivity contribution in [1.82, 2.24) is 4.31 Å². The summed E-state index contributed by atoms with van der Waals surface area (Å²) in [7, 11) is -3.89. The van der Waals surface area contributed by atoms with Gasteiger partial charge in [-0.2, -0.15) is 4.31 Å². The van der Waals surface area contributed by atoms with E-state index in [1.165, 1.54) is 28.6 Å². The molecule has 1 fully saturated rings. The lowest BCUT2D eigenvalue weighted by Gasteiger charge is -2.36. The molecule has 0 bridgehead atoms. The standard InChI is InChI=1S/C17H19N3O4S/c1-14-6-2-3-7-15(14)18-10-12-19(13-11-18)25(23,24)17-9-5-4-8-16(17)20(21)22/h2-9H,10-13H2,1H3. The Morgan fingerprint density at radius 2 is 1.56 bits per heavy atom. The van der Waals surface area contributed by atoms with E-state index >= 15 is 0 Å². The van der Waals surface area contributed by atoms with Crippen LogP contribution in [0.5, 0.6) is 0 Å². The normalized spacial score (nSPS) is 16.0. The third-order valence-electron chi connectivity index (χ3n) is 4.37. The average molecular weight is 361 g/mol. The lowest BCUT2D eigenvalue weighted by Crippen LogP contribution is -2.48. The summed E-state index contributed by atoms with van der Waals surface area (Å²) >= 11 is 0. The molecule has 0 saturated carbocycles. The van der Waals surface area contributed by atoms with E-state index < -0.39 is 14.9 Å². The van der Waals surface area contributed by atoms with Crippen molar-refractivity contribution in [2.45, 2.75) is 11.8 Å². The van der Waals surface area contributed by atoms with Gasteiger partial charge in [-0.3, -0.25) is 10.1 Å². The smallest absolute Gasteiger partial charge is 0.289 e. The highest BCUT2D eigenvalue weighted by atomic mass is 32.2. The van der Waals surface area contributed by atoms with Gasteiger partial charge in [0.05, 0.1) is 4.92 Å². The second-order valence-corrected chi connectivity index (χ2v) is 7.81. The van der Waals surface area contributed by atoms with Gasteiger partial charge in [-0.25, -0.2) is 8.42 Å². The van der Waals surface area contributed by atoms with Gasteiger partial charge in [-0.15, -0.1) is 0 Å². The number of anilines is 1. The highest BCUT2D eigenvalue weighted by Crippen LogP contribution is 2.28. The van der Waals surface area contributed by atoms with Gasteiger partial charge >= 0.3 is 0 Å². The van der Waals surface area contributed by atoms with Crippen molar-refractivity contribution in [3.8, 4) is 0 Å². The van der Waals surface area contributed by atoms with Crippen LogP contribution in [0.15, 0.2) is 53.4 Å². The fraction of sp³-hybridized carbons (Fsp3) is 0.294. The highest BCUT2D eigenvalue weighted by molar-refractivity contribution is 7.89. The lowest BCUT2D eigenvalue weighted by atomic mass is 10.1. The maximum Gasteiger partial charge on any atom is 0.289 e. The summed E-state index contributed by atoms with van der Waals surface area (Å²) in [6.07, 6.45) is 0. The molecule has 1 aliphatic heterocycles. The van der Waals surface area contributed by atoms with Crippen LogP contribution in [0.1, 0.15) is 5.56 Å². The number of sulfonamides is 1. The monoisotopic (exact) mass is 361 g/mol. The molecule has 0 aromatic heterocycles. The van der Waals surface area contributed by atoms with Gasteiger partial charge in [0.25, 0.3) is 5.69 Å². The third-order valence-corrected chi connectivity index (χ3v) is 6.32. The summed E-state index contributed by atoms with van der Waals surface area (Å²) in [5, 5.41) is 11.1. The van der Waals surface area contributed by atoms with E-state index in [2.05, 4.69) is 4.90 Å². The molecule has 1 saturated heterocycles. The predicted octanol–water partition coefficient (Wildman–Crippen LogP) is 2.41. The first-order chi connectivity index (χ1) is 11.9. The Labute approximate surface area is 146 Å². The van der Waals surface area contributed by atoms with Crippen LogP contribution in [0.4, 0.5) is 11.4 Å². The summed E-state index contributed by atoms with van der Waals surface area (Å²) in [5.41, 5.74) is 1.84. The number of nitro benzene ring substituents is 1. The second kappa shape index (κ2) is 6.81. The fourth-order valence-electron chi connectivity index (χ4n) is 3.05. The highest BCUT2D eigenvalue weighted by Gasteiger charge is 2.33. The van der Waals surface area contributed by atoms with Crippen LogP contribution >= 0.6 is 0 Å². The van der Waals surface area contributed by atoms with Crippen LogP contribution in [0.2, 0.25) is 0 Å². The molecule has 8 heteroatoms. The molecule has 2 aromatic rings. The Kier molecular flexibility index (Phi) is 4.73. The number of benzene rings is 2. The first-order valence-corrected chi connectivity index (χ1v) is 9.39. The van der Waals surface area contributed by atoms with E-state index in [1.807, 2.05) is 31.2 Å². The maximum atomic E-state index is 12.8. The van der Waals surface area contributed by atoms with Crippen molar-refractivity contribution < 1.29 is 13.3 Å². The maximum absolute atomic E-state index is 12.8. The fourth-order valence-corrected chi connectivity index (χ4v) is 4.63. The number of aryl methyl sites for hydroxylation is 1. The van der Waals surface area contributed by atoms with Crippen LogP contribution in [-0.2, 0) is 10.0 Å². The van der Waals surface area contributed by atoms with Crippen molar-refractivity contribution in [3.05, 3.63) is 64.2 Å². The molecule has 3 rings (SSSR count). The minimum atomic E-state index is -3.89. The van der Waals surface area contributed by atoms with Crippen LogP contribution in [0.3, 0.4) is 0 Å². The minimum Gasteiger partial charge on any atom is -0.369 e. The van der Waals surface area contributed by atoms with E-state index in [1.54, 1.807) is 0 Å². The largest absolute Gasteiger partial charge is 0.369 e. The van der Waals surface area contributed by atoms with Crippen molar-refractivity contribution in [2.75, 3.05) is 31.1 Å². The van der Waals surface area contributed by atoms with Crippen molar-refractivity contribution in [3.63, 3.8) is 0 Å². The number of rotatable bonds is 4. The molecule has 0 amide bonds. The first-order valence-electron chi connectivity index (χ1n) is 7.95. The molecule has 0 radical (unpaired) electrons. The number of hydrogen-bond donors (Lipinski definition) is 0. The van der Waals surface area contributed by atoms with Crippen molar-refractivity contribution in [1.29, 1.82) is 0 Å². The summed E-state index contributed by atoms with van der Waals surface area (Å²) in [5.74, 6) is 0. The number of nitrogens with zero attached hydrogens (tertiary/aromatic N) is 3. The van der Waals surface area contributed by atoms with Gasteiger partial charge in [0, 0.05) is 37.9 Å².